The smallest absolute Gasteiger partial charge is 0.253 e. The summed E-state index contributed by atoms with van der Waals surface area (Å²) in [4.78, 5) is 13.7. The van der Waals surface area contributed by atoms with Gasteiger partial charge in [-0.15, -0.1) is 0 Å². The summed E-state index contributed by atoms with van der Waals surface area (Å²) in [6, 6.07) is 5.15. The summed E-state index contributed by atoms with van der Waals surface area (Å²) in [6.45, 7) is 0.660. The average Bonchev–Trinajstić information content (AvgIpc) is 2.37. The van der Waals surface area contributed by atoms with E-state index in [1.165, 1.54) is 0 Å². The average molecular weight is 302 g/mol. The molecular formula is C12H16BrNO3. The van der Waals surface area contributed by atoms with Gasteiger partial charge >= 0.3 is 0 Å². The second kappa shape index (κ2) is 6.49. The molecule has 0 spiro atoms. The highest BCUT2D eigenvalue weighted by Gasteiger charge is 2.13. The first-order chi connectivity index (χ1) is 8.13. The molecule has 0 atom stereocenters. The second-order valence-corrected chi connectivity index (χ2v) is 4.28. The van der Waals surface area contributed by atoms with Crippen LogP contribution in [0.3, 0.4) is 0 Å². The van der Waals surface area contributed by atoms with E-state index in [2.05, 4.69) is 15.9 Å². The zero-order valence-corrected chi connectivity index (χ0v) is 11.8. The molecule has 17 heavy (non-hydrogen) atoms. The molecule has 0 saturated heterocycles. The van der Waals surface area contributed by atoms with Crippen molar-refractivity contribution in [2.24, 2.45) is 0 Å². The van der Waals surface area contributed by atoms with Gasteiger partial charge in [0.25, 0.3) is 5.91 Å². The van der Waals surface area contributed by atoms with Gasteiger partial charge in [0.05, 0.1) is 14.2 Å². The second-order valence-electron chi connectivity index (χ2n) is 3.49. The molecule has 0 aromatic heterocycles. The van der Waals surface area contributed by atoms with E-state index >= 15 is 0 Å². The number of carbonyl (C=O) groups excluding carboxylic acids is 1. The zero-order chi connectivity index (χ0) is 12.8. The molecule has 1 rings (SSSR count). The van der Waals surface area contributed by atoms with Gasteiger partial charge in [-0.1, -0.05) is 15.9 Å². The van der Waals surface area contributed by atoms with Crippen LogP contribution in [0.5, 0.6) is 11.5 Å². The van der Waals surface area contributed by atoms with Gasteiger partial charge in [0.2, 0.25) is 0 Å². The Morgan fingerprint density at radius 3 is 2.47 bits per heavy atom. The van der Waals surface area contributed by atoms with E-state index in [0.29, 0.717) is 23.6 Å². The summed E-state index contributed by atoms with van der Waals surface area (Å²) in [5.74, 6) is 1.14. The zero-order valence-electron chi connectivity index (χ0n) is 10.2. The molecule has 0 aliphatic carbocycles. The van der Waals surface area contributed by atoms with Crippen LogP contribution in [0.1, 0.15) is 10.4 Å². The number of carbonyl (C=O) groups is 1. The van der Waals surface area contributed by atoms with Crippen molar-refractivity contribution in [3.8, 4) is 11.5 Å². The van der Waals surface area contributed by atoms with Crippen molar-refractivity contribution in [1.29, 1.82) is 0 Å². The number of hydrogen-bond acceptors (Lipinski definition) is 3. The topological polar surface area (TPSA) is 38.8 Å². The molecule has 0 unspecified atom stereocenters. The maximum absolute atomic E-state index is 12.0. The maximum Gasteiger partial charge on any atom is 0.253 e. The van der Waals surface area contributed by atoms with Crippen LogP contribution >= 0.6 is 15.9 Å². The fourth-order valence-electron chi connectivity index (χ4n) is 1.42. The minimum Gasteiger partial charge on any atom is -0.493 e. The highest BCUT2D eigenvalue weighted by atomic mass is 79.9. The molecule has 0 fully saturated rings. The van der Waals surface area contributed by atoms with Crippen molar-refractivity contribution in [2.45, 2.75) is 0 Å². The maximum atomic E-state index is 12.0. The van der Waals surface area contributed by atoms with Gasteiger partial charge in [-0.25, -0.2) is 0 Å². The number of nitrogens with zero attached hydrogens (tertiary/aromatic N) is 1. The third-order valence-electron chi connectivity index (χ3n) is 2.40. The number of ether oxygens (including phenoxy) is 2. The van der Waals surface area contributed by atoms with Gasteiger partial charge < -0.3 is 14.4 Å². The number of halogens is 1. The number of alkyl halides is 1. The van der Waals surface area contributed by atoms with Crippen molar-refractivity contribution in [2.75, 3.05) is 33.1 Å². The monoisotopic (exact) mass is 301 g/mol. The molecule has 94 valence electrons. The van der Waals surface area contributed by atoms with Crippen molar-refractivity contribution in [1.82, 2.24) is 4.90 Å². The standard InChI is InChI=1S/C12H16BrNO3/c1-14(7-6-13)12(15)9-4-5-10(16-2)11(8-9)17-3/h4-5,8H,6-7H2,1-3H3. The summed E-state index contributed by atoms with van der Waals surface area (Å²) < 4.78 is 10.3. The lowest BCUT2D eigenvalue weighted by atomic mass is 10.2. The van der Waals surface area contributed by atoms with E-state index in [0.717, 1.165) is 5.33 Å². The van der Waals surface area contributed by atoms with E-state index in [-0.39, 0.29) is 5.91 Å². The third-order valence-corrected chi connectivity index (χ3v) is 2.75. The molecule has 1 amide bonds. The van der Waals surface area contributed by atoms with E-state index in [1.54, 1.807) is 44.4 Å². The molecular weight excluding hydrogens is 286 g/mol. The molecule has 4 nitrogen and oxygen atoms in total. The van der Waals surface area contributed by atoms with Gasteiger partial charge in [0, 0.05) is 24.5 Å². The largest absolute Gasteiger partial charge is 0.493 e. The van der Waals surface area contributed by atoms with Gasteiger partial charge in [-0.3, -0.25) is 4.79 Å². The van der Waals surface area contributed by atoms with E-state index in [9.17, 15) is 4.79 Å². The highest BCUT2D eigenvalue weighted by molar-refractivity contribution is 9.09. The molecule has 0 N–H and O–H groups in total. The van der Waals surface area contributed by atoms with Crippen LogP contribution in [0.25, 0.3) is 0 Å². The van der Waals surface area contributed by atoms with Crippen molar-refractivity contribution >= 4 is 21.8 Å². The van der Waals surface area contributed by atoms with Gasteiger partial charge in [0.15, 0.2) is 11.5 Å². The number of amides is 1. The minimum atomic E-state index is -0.0367. The summed E-state index contributed by atoms with van der Waals surface area (Å²) in [7, 11) is 4.88. The fraction of sp³-hybridized carbons (Fsp3) is 0.417. The minimum absolute atomic E-state index is 0.0367. The molecule has 1 aromatic rings. The van der Waals surface area contributed by atoms with Gasteiger partial charge in [0.1, 0.15) is 0 Å². The van der Waals surface area contributed by atoms with Crippen LogP contribution in [-0.4, -0.2) is 43.9 Å². The number of methoxy groups -OCH3 is 2. The predicted octanol–water partition coefficient (Wildman–Crippen LogP) is 2.17. The summed E-state index contributed by atoms with van der Waals surface area (Å²) >= 11 is 3.30. The lowest BCUT2D eigenvalue weighted by Crippen LogP contribution is -2.28. The van der Waals surface area contributed by atoms with Gasteiger partial charge in [-0.05, 0) is 18.2 Å². The lowest BCUT2D eigenvalue weighted by molar-refractivity contribution is 0.0803. The van der Waals surface area contributed by atoms with Crippen LogP contribution < -0.4 is 9.47 Å². The quantitative estimate of drug-likeness (QED) is 0.783. The molecule has 1 aromatic carbocycles. The third kappa shape index (κ3) is 3.36. The molecule has 0 aliphatic rings. The first-order valence-corrected chi connectivity index (χ1v) is 6.29. The van der Waals surface area contributed by atoms with Crippen molar-refractivity contribution in [3.63, 3.8) is 0 Å². The number of benzene rings is 1. The Morgan fingerprint density at radius 2 is 1.94 bits per heavy atom. The first kappa shape index (κ1) is 13.8. The first-order valence-electron chi connectivity index (χ1n) is 5.17. The lowest BCUT2D eigenvalue weighted by Gasteiger charge is -2.16. The number of hydrogen-bond donors (Lipinski definition) is 0. The predicted molar refractivity (Wildman–Crippen MR) is 70.3 cm³/mol. The molecule has 0 saturated carbocycles. The molecule has 0 heterocycles. The van der Waals surface area contributed by atoms with E-state index < -0.39 is 0 Å². The van der Waals surface area contributed by atoms with Crippen molar-refractivity contribution in [3.05, 3.63) is 23.8 Å². The molecule has 0 radical (unpaired) electrons. The molecule has 5 heteroatoms. The Labute approximate surface area is 110 Å². The molecule has 0 bridgehead atoms. The Hall–Kier alpha value is -1.23. The van der Waals surface area contributed by atoms with Crippen LogP contribution in [-0.2, 0) is 0 Å². The Kier molecular flexibility index (Phi) is 5.28. The summed E-state index contributed by atoms with van der Waals surface area (Å²) in [5.41, 5.74) is 0.589. The van der Waals surface area contributed by atoms with Crippen LogP contribution in [0.2, 0.25) is 0 Å². The van der Waals surface area contributed by atoms with Crippen LogP contribution in [0.4, 0.5) is 0 Å². The highest BCUT2D eigenvalue weighted by Crippen LogP contribution is 2.27. The SMILES string of the molecule is COc1ccc(C(=O)N(C)CCBr)cc1OC. The fourth-order valence-corrected chi connectivity index (χ4v) is 1.95. The van der Waals surface area contributed by atoms with E-state index in [1.807, 2.05) is 0 Å². The summed E-state index contributed by atoms with van der Waals surface area (Å²) in [6.07, 6.45) is 0. The summed E-state index contributed by atoms with van der Waals surface area (Å²) in [5, 5.41) is 0.753. The molecule has 0 aliphatic heterocycles. The van der Waals surface area contributed by atoms with Crippen LogP contribution in [0.15, 0.2) is 18.2 Å². The van der Waals surface area contributed by atoms with Crippen LogP contribution in [0, 0.1) is 0 Å². The van der Waals surface area contributed by atoms with Gasteiger partial charge in [-0.2, -0.15) is 0 Å². The Balaban J connectivity index is 2.95. The Morgan fingerprint density at radius 1 is 1.29 bits per heavy atom. The Bertz CT molecular complexity index is 395. The normalized spacial score (nSPS) is 9.88. The van der Waals surface area contributed by atoms with E-state index in [4.69, 9.17) is 9.47 Å². The van der Waals surface area contributed by atoms with Crippen molar-refractivity contribution < 1.29 is 14.3 Å². The number of rotatable bonds is 5.